The number of nitrogens with zero attached hydrogens (tertiary/aromatic N) is 1. The minimum absolute atomic E-state index is 0.223. The molecule has 9 heteroatoms. The van der Waals surface area contributed by atoms with Crippen LogP contribution in [0.15, 0.2) is 4.99 Å². The molecular weight excluding hydrogens is 551 g/mol. The zero-order chi connectivity index (χ0) is 16.6. The third-order valence-electron chi connectivity index (χ3n) is 2.39. The van der Waals surface area contributed by atoms with E-state index in [0.29, 0.717) is 20.2 Å². The molecule has 1 aliphatic heterocycles. The molecule has 0 aromatic carbocycles. The van der Waals surface area contributed by atoms with E-state index in [-0.39, 0.29) is 5.37 Å². The predicted octanol–water partition coefficient (Wildman–Crippen LogP) is 3.55. The van der Waals surface area contributed by atoms with Gasteiger partial charge in [-0.05, 0) is 0 Å². The van der Waals surface area contributed by atoms with Gasteiger partial charge in [0.25, 0.3) is 0 Å². The molecule has 0 N–H and O–H groups in total. The molecule has 0 aliphatic carbocycles. The van der Waals surface area contributed by atoms with Crippen LogP contribution in [-0.2, 0) is 4.79 Å². The Morgan fingerprint density at radius 3 is 2.59 bits per heavy atom. The molecule has 1 rings (SSSR count). The number of aliphatic imine (C=N–C) groups is 1. The number of thioether (sulfide) groups is 1. The molecule has 3 unspecified atom stereocenters. The van der Waals surface area contributed by atoms with Crippen molar-refractivity contribution in [3.05, 3.63) is 0 Å². The molecule has 1 saturated heterocycles. The summed E-state index contributed by atoms with van der Waals surface area (Å²) < 4.78 is 0. The van der Waals surface area contributed by atoms with Crippen LogP contribution >= 0.6 is 49.6 Å². The average Bonchev–Trinajstić information content (AvgIpc) is 2.52. The molecule has 0 aromatic rings. The normalized spacial score (nSPS) is 22.2. The van der Waals surface area contributed by atoms with Gasteiger partial charge in [-0.15, -0.1) is 0 Å². The number of thiol groups is 3. The molecule has 0 saturated carbocycles. The predicted molar refractivity (Wildman–Crippen MR) is 116 cm³/mol. The number of hydrogen-bond acceptors (Lipinski definition) is 6. The molecule has 2 nitrogen and oxygen atoms in total. The maximum absolute atomic E-state index is 9.88. The third-order valence-corrected chi connectivity index (χ3v) is 16.1. The van der Waals surface area contributed by atoms with E-state index < -0.39 is 0 Å². The van der Waals surface area contributed by atoms with Crippen LogP contribution < -0.4 is 0 Å². The molecule has 3 atom stereocenters. The summed E-state index contributed by atoms with van der Waals surface area (Å²) >= 11 is 16.9. The Balaban J connectivity index is 0.000000406. The van der Waals surface area contributed by atoms with Crippen molar-refractivity contribution < 1.29 is 4.79 Å². The Hall–Kier alpha value is 2.34. The van der Waals surface area contributed by atoms with Crippen molar-refractivity contribution in [2.45, 2.75) is 49.0 Å². The molecule has 1 fully saturated rings. The van der Waals surface area contributed by atoms with E-state index in [4.69, 9.17) is 0 Å². The molecule has 1 heterocycles. The van der Waals surface area contributed by atoms with E-state index in [2.05, 4.69) is 49.8 Å². The van der Waals surface area contributed by atoms with Crippen LogP contribution in [-0.4, -0.2) is 78.8 Å². The molecular formula is C13H25NOS4Se3. The van der Waals surface area contributed by atoms with Crippen LogP contribution in [0.1, 0.15) is 6.92 Å². The van der Waals surface area contributed by atoms with Crippen molar-refractivity contribution in [1.82, 2.24) is 0 Å². The quantitative estimate of drug-likeness (QED) is 0.129. The Kier molecular flexibility index (Phi) is 20.1. The summed E-state index contributed by atoms with van der Waals surface area (Å²) in [6, 6.07) is 0. The Bertz CT molecular complexity index is 309. The molecule has 0 aromatic heterocycles. The van der Waals surface area contributed by atoms with Crippen LogP contribution in [0.25, 0.3) is 0 Å². The van der Waals surface area contributed by atoms with Crippen molar-refractivity contribution in [2.75, 3.05) is 17.3 Å². The van der Waals surface area contributed by atoms with Gasteiger partial charge < -0.3 is 0 Å². The van der Waals surface area contributed by atoms with Crippen LogP contribution in [0.5, 0.6) is 0 Å². The van der Waals surface area contributed by atoms with Crippen LogP contribution in [0.3, 0.4) is 0 Å². The van der Waals surface area contributed by atoms with Crippen LogP contribution in [0.2, 0.25) is 31.4 Å². The average molecular weight is 576 g/mol. The summed E-state index contributed by atoms with van der Waals surface area (Å²) in [5.74, 6) is 3.17. The molecule has 0 spiro atoms. The summed E-state index contributed by atoms with van der Waals surface area (Å²) in [5, 5.41) is 7.37. The Morgan fingerprint density at radius 2 is 2.05 bits per heavy atom. The number of rotatable bonds is 9. The van der Waals surface area contributed by atoms with Crippen molar-refractivity contribution in [3.8, 4) is 0 Å². The summed E-state index contributed by atoms with van der Waals surface area (Å²) in [4.78, 5) is 14.5. The van der Waals surface area contributed by atoms with Gasteiger partial charge in [0.05, 0.1) is 0 Å². The second kappa shape index (κ2) is 18.1. The van der Waals surface area contributed by atoms with E-state index in [1.807, 2.05) is 0 Å². The van der Waals surface area contributed by atoms with Gasteiger partial charge in [-0.2, -0.15) is 0 Å². The van der Waals surface area contributed by atoms with Gasteiger partial charge in [0, 0.05) is 0 Å². The second-order valence-corrected chi connectivity index (χ2v) is 14.9. The summed E-state index contributed by atoms with van der Waals surface area (Å²) in [5.41, 5.74) is 0. The molecule has 0 bridgehead atoms. The van der Waals surface area contributed by atoms with Gasteiger partial charge in [0.15, 0.2) is 0 Å². The Labute approximate surface area is 175 Å². The van der Waals surface area contributed by atoms with E-state index in [1.165, 1.54) is 21.3 Å². The Morgan fingerprint density at radius 1 is 1.32 bits per heavy atom. The monoisotopic (exact) mass is 579 g/mol. The van der Waals surface area contributed by atoms with Crippen molar-refractivity contribution in [2.24, 2.45) is 4.99 Å². The van der Waals surface area contributed by atoms with E-state index in [1.54, 1.807) is 17.8 Å². The molecule has 0 amide bonds. The van der Waals surface area contributed by atoms with Crippen LogP contribution in [0, 0.1) is 0 Å². The fourth-order valence-electron chi connectivity index (χ4n) is 1.46. The molecule has 130 valence electrons. The molecule has 1 aliphatic rings. The summed E-state index contributed by atoms with van der Waals surface area (Å²) in [7, 11) is 0. The summed E-state index contributed by atoms with van der Waals surface area (Å²) in [6.45, 7) is 2.19. The van der Waals surface area contributed by atoms with Crippen molar-refractivity contribution >= 4 is 101 Å². The van der Waals surface area contributed by atoms with E-state index >= 15 is 0 Å². The van der Waals surface area contributed by atoms with E-state index in [0.717, 1.165) is 57.3 Å². The topological polar surface area (TPSA) is 29.4 Å². The third kappa shape index (κ3) is 14.7. The van der Waals surface area contributed by atoms with Gasteiger partial charge in [0.2, 0.25) is 0 Å². The standard InChI is InChI=1S/C7H16S3Se2.C6H9NOSSe/c8-1-3-11-6-7(5-10)12-4-2-9;1-5-2-10-3-6(9-5)7-4-8/h7-10H,1-6H2;5-6H,2-3H2,1H3. The van der Waals surface area contributed by atoms with Crippen molar-refractivity contribution in [3.63, 3.8) is 0 Å². The fourth-order valence-corrected chi connectivity index (χ4v) is 13.0. The summed E-state index contributed by atoms with van der Waals surface area (Å²) in [6.07, 6.45) is 1.62. The van der Waals surface area contributed by atoms with Gasteiger partial charge in [-0.25, -0.2) is 0 Å². The first-order chi connectivity index (χ1) is 10.7. The van der Waals surface area contributed by atoms with Gasteiger partial charge in [0.1, 0.15) is 0 Å². The molecule has 22 heavy (non-hydrogen) atoms. The zero-order valence-electron chi connectivity index (χ0n) is 12.7. The first kappa shape index (κ1) is 24.3. The first-order valence-corrected chi connectivity index (χ1v) is 16.9. The minimum atomic E-state index is 0.223. The van der Waals surface area contributed by atoms with Gasteiger partial charge in [-0.1, -0.05) is 0 Å². The van der Waals surface area contributed by atoms with Gasteiger partial charge >= 0.3 is 177 Å². The number of carbonyl (C=O) groups excluding carboxylic acids is 1. The number of isocyanates is 1. The van der Waals surface area contributed by atoms with Gasteiger partial charge in [-0.3, -0.25) is 0 Å². The van der Waals surface area contributed by atoms with Crippen LogP contribution in [0.4, 0.5) is 0 Å². The molecule has 0 radical (unpaired) electrons. The maximum atomic E-state index is 9.88. The zero-order valence-corrected chi connectivity index (χ0v) is 21.4. The van der Waals surface area contributed by atoms with Crippen molar-refractivity contribution in [1.29, 1.82) is 0 Å². The number of hydrogen-bond donors (Lipinski definition) is 3. The van der Waals surface area contributed by atoms with E-state index in [9.17, 15) is 4.79 Å². The second-order valence-electron chi connectivity index (χ2n) is 4.36. The fraction of sp³-hybridized carbons (Fsp3) is 0.923. The first-order valence-electron chi connectivity index (χ1n) is 7.00. The SMILES string of the molecule is CC1C[Se]CC(N=C=O)S1.SCC[Se]CC(CS)[Se]CCS.